The number of benzene rings is 3. The Morgan fingerprint density at radius 2 is 1.85 bits per heavy atom. The number of hydrogen-bond acceptors (Lipinski definition) is 6. The molecule has 0 saturated heterocycles. The van der Waals surface area contributed by atoms with Gasteiger partial charge in [-0.25, -0.2) is 10.4 Å². The Labute approximate surface area is 209 Å². The van der Waals surface area contributed by atoms with Crippen LogP contribution >= 0.6 is 27.7 Å². The standard InChI is InChI=1S/C25H21BrN4O3S/c1-2-33-20-13-11-19(12-14-20)30-24(32)21-5-3-4-6-22(21)28-25(30)34-16-23(31)29-27-15-17-7-9-18(26)10-8-17/h3-15H,2,16H2,1H3,(H,29,31). The normalized spacial score (nSPS) is 11.1. The van der Waals surface area contributed by atoms with E-state index in [4.69, 9.17) is 4.74 Å². The summed E-state index contributed by atoms with van der Waals surface area (Å²) in [6, 6.07) is 21.9. The Morgan fingerprint density at radius 3 is 2.59 bits per heavy atom. The number of thioether (sulfide) groups is 1. The molecule has 0 saturated carbocycles. The molecular weight excluding hydrogens is 516 g/mol. The highest BCUT2D eigenvalue weighted by Gasteiger charge is 2.15. The molecule has 0 aliphatic rings. The molecule has 0 aliphatic carbocycles. The van der Waals surface area contributed by atoms with Crippen LogP contribution in [-0.4, -0.2) is 34.0 Å². The summed E-state index contributed by atoms with van der Waals surface area (Å²) < 4.78 is 7.98. The summed E-state index contributed by atoms with van der Waals surface area (Å²) in [7, 11) is 0. The second-order valence-electron chi connectivity index (χ2n) is 7.11. The Morgan fingerprint density at radius 1 is 1.12 bits per heavy atom. The molecule has 0 unspecified atom stereocenters. The van der Waals surface area contributed by atoms with Crippen molar-refractivity contribution in [3.05, 3.63) is 93.2 Å². The van der Waals surface area contributed by atoms with E-state index >= 15 is 0 Å². The lowest BCUT2D eigenvalue weighted by molar-refractivity contribution is -0.118. The Hall–Kier alpha value is -3.43. The summed E-state index contributed by atoms with van der Waals surface area (Å²) in [5, 5.41) is 4.92. The number of halogens is 1. The van der Waals surface area contributed by atoms with Gasteiger partial charge in [0.1, 0.15) is 5.75 Å². The van der Waals surface area contributed by atoms with Crippen molar-refractivity contribution in [1.82, 2.24) is 15.0 Å². The number of nitrogens with zero attached hydrogens (tertiary/aromatic N) is 3. The molecule has 0 radical (unpaired) electrons. The van der Waals surface area contributed by atoms with Gasteiger partial charge in [-0.1, -0.05) is 52.0 Å². The van der Waals surface area contributed by atoms with Crippen LogP contribution in [0.3, 0.4) is 0 Å². The third kappa shape index (κ3) is 5.73. The average Bonchev–Trinajstić information content (AvgIpc) is 2.85. The lowest BCUT2D eigenvalue weighted by Gasteiger charge is -2.13. The maximum Gasteiger partial charge on any atom is 0.266 e. The van der Waals surface area contributed by atoms with E-state index in [0.717, 1.165) is 10.0 Å². The van der Waals surface area contributed by atoms with E-state index in [9.17, 15) is 9.59 Å². The molecule has 0 spiro atoms. The molecule has 0 bridgehead atoms. The van der Waals surface area contributed by atoms with Crippen molar-refractivity contribution < 1.29 is 9.53 Å². The predicted octanol–water partition coefficient (Wildman–Crippen LogP) is 4.79. The van der Waals surface area contributed by atoms with Gasteiger partial charge in [0.2, 0.25) is 0 Å². The molecule has 1 heterocycles. The molecule has 1 N–H and O–H groups in total. The minimum Gasteiger partial charge on any atom is -0.494 e. The largest absolute Gasteiger partial charge is 0.494 e. The number of hydrogen-bond donors (Lipinski definition) is 1. The summed E-state index contributed by atoms with van der Waals surface area (Å²) in [5.74, 6) is 0.448. The van der Waals surface area contributed by atoms with E-state index in [2.05, 4.69) is 31.4 Å². The first-order valence-electron chi connectivity index (χ1n) is 10.5. The number of para-hydroxylation sites is 1. The highest BCUT2D eigenvalue weighted by Crippen LogP contribution is 2.23. The van der Waals surface area contributed by atoms with Crippen molar-refractivity contribution in [3.63, 3.8) is 0 Å². The molecule has 0 aliphatic heterocycles. The molecule has 0 atom stereocenters. The molecule has 3 aromatic carbocycles. The van der Waals surface area contributed by atoms with Gasteiger partial charge in [-0.2, -0.15) is 5.10 Å². The Balaban J connectivity index is 1.56. The molecule has 1 amide bonds. The summed E-state index contributed by atoms with van der Waals surface area (Å²) in [4.78, 5) is 30.3. The van der Waals surface area contributed by atoms with Gasteiger partial charge in [-0.3, -0.25) is 14.2 Å². The average molecular weight is 537 g/mol. The third-order valence-electron chi connectivity index (χ3n) is 4.76. The van der Waals surface area contributed by atoms with Crippen molar-refractivity contribution >= 4 is 50.7 Å². The molecule has 34 heavy (non-hydrogen) atoms. The summed E-state index contributed by atoms with van der Waals surface area (Å²) >= 11 is 4.55. The van der Waals surface area contributed by atoms with Crippen molar-refractivity contribution in [2.24, 2.45) is 5.10 Å². The number of ether oxygens (including phenoxy) is 1. The van der Waals surface area contributed by atoms with Gasteiger partial charge in [0.05, 0.1) is 35.2 Å². The van der Waals surface area contributed by atoms with Crippen LogP contribution in [0.4, 0.5) is 0 Å². The summed E-state index contributed by atoms with van der Waals surface area (Å²) in [5.41, 5.74) is 4.39. The van der Waals surface area contributed by atoms with Crippen LogP contribution in [0.25, 0.3) is 16.6 Å². The SMILES string of the molecule is CCOc1ccc(-n2c(SCC(=O)NN=Cc3ccc(Br)cc3)nc3ccccc3c2=O)cc1. The van der Waals surface area contributed by atoms with Gasteiger partial charge in [0.25, 0.3) is 11.5 Å². The van der Waals surface area contributed by atoms with E-state index in [1.165, 1.54) is 16.3 Å². The first kappa shape index (κ1) is 23.7. The Kier molecular flexibility index (Phi) is 7.76. The molecule has 172 valence electrons. The van der Waals surface area contributed by atoms with Gasteiger partial charge in [-0.05, 0) is 61.0 Å². The Bertz CT molecular complexity index is 1390. The molecule has 4 aromatic rings. The van der Waals surface area contributed by atoms with Crippen LogP contribution in [0.15, 0.2) is 92.3 Å². The third-order valence-corrected chi connectivity index (χ3v) is 6.22. The second kappa shape index (κ2) is 11.1. The minimum absolute atomic E-state index is 0.0412. The number of amides is 1. The fourth-order valence-corrected chi connectivity index (χ4v) is 4.25. The van der Waals surface area contributed by atoms with Crippen molar-refractivity contribution in [3.8, 4) is 11.4 Å². The van der Waals surface area contributed by atoms with E-state index in [0.29, 0.717) is 34.1 Å². The van der Waals surface area contributed by atoms with Crippen molar-refractivity contribution in [1.29, 1.82) is 0 Å². The smallest absolute Gasteiger partial charge is 0.266 e. The van der Waals surface area contributed by atoms with Crippen molar-refractivity contribution in [2.45, 2.75) is 12.1 Å². The number of fused-ring (bicyclic) bond motifs is 1. The highest BCUT2D eigenvalue weighted by atomic mass is 79.9. The van der Waals surface area contributed by atoms with E-state index < -0.39 is 0 Å². The number of aromatic nitrogens is 2. The number of carbonyl (C=O) groups excluding carboxylic acids is 1. The quantitative estimate of drug-likeness (QED) is 0.151. The fourth-order valence-electron chi connectivity index (χ4n) is 3.18. The van der Waals surface area contributed by atoms with Gasteiger partial charge in [0, 0.05) is 4.47 Å². The fraction of sp³-hybridized carbons (Fsp3) is 0.120. The van der Waals surface area contributed by atoms with Crippen LogP contribution < -0.4 is 15.7 Å². The van der Waals surface area contributed by atoms with Crippen LogP contribution in [-0.2, 0) is 4.79 Å². The number of hydrazone groups is 1. The zero-order chi connectivity index (χ0) is 23.9. The van der Waals surface area contributed by atoms with Gasteiger partial charge in [-0.15, -0.1) is 0 Å². The summed E-state index contributed by atoms with van der Waals surface area (Å²) in [6.45, 7) is 2.46. The monoisotopic (exact) mass is 536 g/mol. The topological polar surface area (TPSA) is 85.6 Å². The number of nitrogens with one attached hydrogen (secondary N) is 1. The van der Waals surface area contributed by atoms with Gasteiger partial charge < -0.3 is 4.74 Å². The molecule has 7 nitrogen and oxygen atoms in total. The van der Waals surface area contributed by atoms with Crippen molar-refractivity contribution in [2.75, 3.05) is 12.4 Å². The predicted molar refractivity (Wildman–Crippen MR) is 139 cm³/mol. The molecule has 1 aromatic heterocycles. The number of rotatable bonds is 8. The van der Waals surface area contributed by atoms with Crippen LogP contribution in [0.1, 0.15) is 12.5 Å². The molecule has 4 rings (SSSR count). The zero-order valence-electron chi connectivity index (χ0n) is 18.3. The van der Waals surface area contributed by atoms with E-state index in [1.807, 2.05) is 37.3 Å². The first-order valence-corrected chi connectivity index (χ1v) is 12.3. The van der Waals surface area contributed by atoms with Crippen LogP contribution in [0.2, 0.25) is 0 Å². The summed E-state index contributed by atoms with van der Waals surface area (Å²) in [6.07, 6.45) is 1.57. The first-order chi connectivity index (χ1) is 16.5. The van der Waals surface area contributed by atoms with Crippen LogP contribution in [0.5, 0.6) is 5.75 Å². The lowest BCUT2D eigenvalue weighted by atomic mass is 10.2. The van der Waals surface area contributed by atoms with Gasteiger partial charge >= 0.3 is 0 Å². The maximum atomic E-state index is 13.3. The van der Waals surface area contributed by atoms with E-state index in [-0.39, 0.29) is 17.2 Å². The van der Waals surface area contributed by atoms with Gasteiger partial charge in [0.15, 0.2) is 5.16 Å². The lowest BCUT2D eigenvalue weighted by Crippen LogP contribution is -2.24. The minimum atomic E-state index is -0.306. The number of carbonyl (C=O) groups is 1. The molecular formula is C25H21BrN4O3S. The van der Waals surface area contributed by atoms with E-state index in [1.54, 1.807) is 48.7 Å². The second-order valence-corrected chi connectivity index (χ2v) is 8.97. The molecule has 9 heteroatoms. The zero-order valence-corrected chi connectivity index (χ0v) is 20.7. The molecule has 0 fully saturated rings. The van der Waals surface area contributed by atoms with Crippen LogP contribution in [0, 0.1) is 0 Å². The maximum absolute atomic E-state index is 13.3. The highest BCUT2D eigenvalue weighted by molar-refractivity contribution is 9.10.